The lowest BCUT2D eigenvalue weighted by atomic mass is 9.82. The van der Waals surface area contributed by atoms with Crippen molar-refractivity contribution in [3.63, 3.8) is 0 Å². The maximum absolute atomic E-state index is 5.17. The summed E-state index contributed by atoms with van der Waals surface area (Å²) in [5.74, 6) is 1.96. The van der Waals surface area contributed by atoms with Gasteiger partial charge in [-0.05, 0) is 64.7 Å². The molecule has 4 nitrogen and oxygen atoms in total. The minimum atomic E-state index is -0.1000. The van der Waals surface area contributed by atoms with Crippen molar-refractivity contribution >= 4 is 53.3 Å². The summed E-state index contributed by atoms with van der Waals surface area (Å²) in [5, 5.41) is 5.02. The molecule has 0 saturated heterocycles. The van der Waals surface area contributed by atoms with E-state index < -0.39 is 0 Å². The summed E-state index contributed by atoms with van der Waals surface area (Å²) >= 11 is 1.80. The smallest absolute Gasteiger partial charge is 0.164 e. The zero-order chi connectivity index (χ0) is 35.3. The second kappa shape index (κ2) is 11.3. The highest BCUT2D eigenvalue weighted by Gasteiger charge is 2.36. The summed E-state index contributed by atoms with van der Waals surface area (Å²) in [7, 11) is 0. The van der Waals surface area contributed by atoms with Crippen molar-refractivity contribution in [1.29, 1.82) is 0 Å². The molecule has 250 valence electrons. The lowest BCUT2D eigenvalue weighted by molar-refractivity contribution is 0.661. The molecule has 0 unspecified atom stereocenters. The van der Waals surface area contributed by atoms with Gasteiger partial charge in [-0.2, -0.15) is 0 Å². The molecule has 3 aromatic heterocycles. The standard InChI is InChI=1S/C48H32N4S/c1-48(2)39-20-9-6-17-33(39)37-27-38-34-18-7-10-21-41(34)52(42(38)28-40(37)48)32-16-12-15-30(25-32)46-49-45(29-13-4-3-5-14-29)50-47(51-46)31-23-24-36-35-19-8-11-22-43(35)53-44(36)26-31/h3-28H,1-2H3. The molecule has 0 fully saturated rings. The first kappa shape index (κ1) is 30.2. The van der Waals surface area contributed by atoms with E-state index in [0.29, 0.717) is 17.5 Å². The van der Waals surface area contributed by atoms with Gasteiger partial charge in [-0.1, -0.05) is 129 Å². The van der Waals surface area contributed by atoms with Crippen LogP contribution < -0.4 is 0 Å². The lowest BCUT2D eigenvalue weighted by Crippen LogP contribution is -2.14. The Kier molecular flexibility index (Phi) is 6.43. The molecule has 0 aliphatic heterocycles. The molecule has 1 aliphatic carbocycles. The minimum absolute atomic E-state index is 0.1000. The second-order valence-electron chi connectivity index (χ2n) is 14.5. The zero-order valence-corrected chi connectivity index (χ0v) is 30.0. The largest absolute Gasteiger partial charge is 0.309 e. The average Bonchev–Trinajstić information content (AvgIpc) is 3.82. The molecule has 53 heavy (non-hydrogen) atoms. The van der Waals surface area contributed by atoms with Gasteiger partial charge >= 0.3 is 0 Å². The highest BCUT2D eigenvalue weighted by molar-refractivity contribution is 7.25. The van der Waals surface area contributed by atoms with Crippen LogP contribution in [-0.4, -0.2) is 19.5 Å². The first-order valence-corrected chi connectivity index (χ1v) is 18.8. The van der Waals surface area contributed by atoms with Crippen molar-refractivity contribution in [2.75, 3.05) is 0 Å². The molecule has 10 aromatic rings. The maximum atomic E-state index is 5.17. The molecule has 11 rings (SSSR count). The second-order valence-corrected chi connectivity index (χ2v) is 15.6. The number of fused-ring (bicyclic) bond motifs is 9. The van der Waals surface area contributed by atoms with Crippen LogP contribution in [0.15, 0.2) is 158 Å². The molecule has 0 saturated carbocycles. The van der Waals surface area contributed by atoms with Crippen LogP contribution in [0.2, 0.25) is 0 Å². The van der Waals surface area contributed by atoms with Gasteiger partial charge < -0.3 is 4.57 Å². The first-order valence-electron chi connectivity index (χ1n) is 18.0. The van der Waals surface area contributed by atoms with Crippen LogP contribution in [0.3, 0.4) is 0 Å². The first-order chi connectivity index (χ1) is 26.0. The minimum Gasteiger partial charge on any atom is -0.309 e. The van der Waals surface area contributed by atoms with Crippen LogP contribution in [0.1, 0.15) is 25.0 Å². The van der Waals surface area contributed by atoms with Crippen LogP contribution in [0.5, 0.6) is 0 Å². The van der Waals surface area contributed by atoms with Gasteiger partial charge in [0.25, 0.3) is 0 Å². The Morgan fingerprint density at radius 1 is 0.434 bits per heavy atom. The monoisotopic (exact) mass is 696 g/mol. The highest BCUT2D eigenvalue weighted by atomic mass is 32.1. The van der Waals surface area contributed by atoms with Gasteiger partial charge in [0.2, 0.25) is 0 Å². The van der Waals surface area contributed by atoms with Crippen molar-refractivity contribution in [3.05, 3.63) is 169 Å². The van der Waals surface area contributed by atoms with Gasteiger partial charge in [0, 0.05) is 58.7 Å². The lowest BCUT2D eigenvalue weighted by Gasteiger charge is -2.21. The third-order valence-electron chi connectivity index (χ3n) is 11.0. The van der Waals surface area contributed by atoms with Crippen LogP contribution in [0.4, 0.5) is 0 Å². The van der Waals surface area contributed by atoms with E-state index in [4.69, 9.17) is 15.0 Å². The molecule has 0 N–H and O–H groups in total. The number of hydrogen-bond donors (Lipinski definition) is 0. The van der Waals surface area contributed by atoms with Crippen molar-refractivity contribution in [3.8, 4) is 51.0 Å². The number of aromatic nitrogens is 4. The molecule has 7 aromatic carbocycles. The summed E-state index contributed by atoms with van der Waals surface area (Å²) in [6.07, 6.45) is 0. The van der Waals surface area contributed by atoms with Gasteiger partial charge in [0.05, 0.1) is 11.0 Å². The SMILES string of the molecule is CC1(C)c2ccccc2-c2cc3c4ccccc4n(-c4cccc(-c5nc(-c6ccccc6)nc(-c6ccc7c(c6)sc6ccccc67)n5)c4)c3cc21. The molecule has 0 spiro atoms. The number of thiophene rings is 1. The number of para-hydroxylation sites is 1. The van der Waals surface area contributed by atoms with Crippen molar-refractivity contribution in [1.82, 2.24) is 19.5 Å². The van der Waals surface area contributed by atoms with Gasteiger partial charge in [-0.15, -0.1) is 11.3 Å². The quantitative estimate of drug-likeness (QED) is 0.184. The Hall–Kier alpha value is -6.43. The van der Waals surface area contributed by atoms with Crippen LogP contribution >= 0.6 is 11.3 Å². The average molecular weight is 697 g/mol. The van der Waals surface area contributed by atoms with Crippen molar-refractivity contribution < 1.29 is 0 Å². The predicted octanol–water partition coefficient (Wildman–Crippen LogP) is 12.6. The summed E-state index contributed by atoms with van der Waals surface area (Å²) < 4.78 is 4.90. The van der Waals surface area contributed by atoms with Gasteiger partial charge in [-0.25, -0.2) is 15.0 Å². The molecule has 3 heterocycles. The fourth-order valence-corrected chi connectivity index (χ4v) is 9.59. The number of benzene rings is 7. The Morgan fingerprint density at radius 2 is 1.09 bits per heavy atom. The van der Waals surface area contributed by atoms with Crippen LogP contribution in [-0.2, 0) is 5.41 Å². The van der Waals surface area contributed by atoms with Gasteiger partial charge in [-0.3, -0.25) is 0 Å². The molecule has 0 radical (unpaired) electrons. The van der Waals surface area contributed by atoms with Crippen LogP contribution in [0.25, 0.3) is 93.0 Å². The van der Waals surface area contributed by atoms with Crippen LogP contribution in [0, 0.1) is 0 Å². The number of nitrogens with zero attached hydrogens (tertiary/aromatic N) is 4. The molecular weight excluding hydrogens is 665 g/mol. The predicted molar refractivity (Wildman–Crippen MR) is 221 cm³/mol. The van der Waals surface area contributed by atoms with E-state index in [2.05, 4.69) is 158 Å². The molecule has 0 atom stereocenters. The Labute approximate surface area is 310 Å². The maximum Gasteiger partial charge on any atom is 0.164 e. The topological polar surface area (TPSA) is 43.6 Å². The molecule has 0 bridgehead atoms. The van der Waals surface area contributed by atoms with E-state index in [0.717, 1.165) is 22.4 Å². The number of hydrogen-bond acceptors (Lipinski definition) is 4. The van der Waals surface area contributed by atoms with E-state index in [1.807, 2.05) is 18.2 Å². The van der Waals surface area contributed by atoms with E-state index in [9.17, 15) is 0 Å². The molecule has 5 heteroatoms. The Bertz CT molecular complexity index is 3100. The summed E-state index contributed by atoms with van der Waals surface area (Å²) in [4.78, 5) is 15.3. The summed E-state index contributed by atoms with van der Waals surface area (Å²) in [6.45, 7) is 4.69. The van der Waals surface area contributed by atoms with E-state index in [1.54, 1.807) is 11.3 Å². The normalized spacial score (nSPS) is 13.2. The van der Waals surface area contributed by atoms with E-state index >= 15 is 0 Å². The van der Waals surface area contributed by atoms with Gasteiger partial charge in [0.1, 0.15) is 0 Å². The third kappa shape index (κ3) is 4.57. The molecular formula is C48H32N4S. The van der Waals surface area contributed by atoms with Crippen molar-refractivity contribution in [2.24, 2.45) is 0 Å². The third-order valence-corrected chi connectivity index (χ3v) is 12.2. The van der Waals surface area contributed by atoms with E-state index in [-0.39, 0.29) is 5.41 Å². The van der Waals surface area contributed by atoms with Crippen molar-refractivity contribution in [2.45, 2.75) is 19.3 Å². The van der Waals surface area contributed by atoms with Gasteiger partial charge in [0.15, 0.2) is 17.5 Å². The number of rotatable bonds is 4. The van der Waals surface area contributed by atoms with E-state index in [1.165, 1.54) is 64.2 Å². The fourth-order valence-electron chi connectivity index (χ4n) is 8.44. The summed E-state index contributed by atoms with van der Waals surface area (Å²) in [5.41, 5.74) is 11.6. The molecule has 1 aliphatic rings. The summed E-state index contributed by atoms with van der Waals surface area (Å²) in [6, 6.07) is 56.4. The molecule has 0 amide bonds. The zero-order valence-electron chi connectivity index (χ0n) is 29.2. The Morgan fingerprint density at radius 3 is 1.94 bits per heavy atom. The highest BCUT2D eigenvalue weighted by Crippen LogP contribution is 2.51. The fraction of sp³-hybridized carbons (Fsp3) is 0.0625. The Balaban J connectivity index is 1.10.